The first-order chi connectivity index (χ1) is 13.9. The lowest BCUT2D eigenvalue weighted by molar-refractivity contribution is 0.152. The number of para-hydroxylation sites is 2. The van der Waals surface area contributed by atoms with E-state index in [1.54, 1.807) is 4.68 Å². The lowest BCUT2D eigenvalue weighted by Gasteiger charge is -2.21. The van der Waals surface area contributed by atoms with Gasteiger partial charge in [0.05, 0.1) is 24.0 Å². The molecule has 2 aromatic carbocycles. The second kappa shape index (κ2) is 7.40. The number of rotatable bonds is 3. The molecule has 2 aromatic heterocycles. The maximum absolute atomic E-state index is 5.58. The van der Waals surface area contributed by atoms with Crippen molar-refractivity contribution in [2.24, 2.45) is 0 Å². The smallest absolute Gasteiger partial charge is 0.129 e. The fraction of sp³-hybridized carbons (Fsp3) is 0.227. The fourth-order valence-electron chi connectivity index (χ4n) is 3.59. The quantitative estimate of drug-likeness (QED) is 0.549. The van der Waals surface area contributed by atoms with Gasteiger partial charge in [0.1, 0.15) is 11.5 Å². The first kappa shape index (κ1) is 16.9. The van der Waals surface area contributed by atoms with Crippen LogP contribution in [-0.2, 0) is 4.74 Å². The van der Waals surface area contributed by atoms with Gasteiger partial charge in [0, 0.05) is 30.6 Å². The van der Waals surface area contributed by atoms with Crippen molar-refractivity contribution < 1.29 is 4.74 Å². The summed E-state index contributed by atoms with van der Waals surface area (Å²) in [6, 6.07) is 20.4. The summed E-state index contributed by atoms with van der Waals surface area (Å²) in [4.78, 5) is 7.29. The van der Waals surface area contributed by atoms with Crippen molar-refractivity contribution in [3.63, 3.8) is 0 Å². The third-order valence-corrected chi connectivity index (χ3v) is 5.04. The highest BCUT2D eigenvalue weighted by atomic mass is 16.5. The zero-order valence-corrected chi connectivity index (χ0v) is 15.5. The standard InChI is InChI=1S/C22H21N5O/c1-2-7-18(8-3-1)27-16-20(24-25-27)19-9-4-6-17-10-11-21(23-22(17)19)26-12-5-14-28-15-13-26/h1-4,6-11,16H,5,12-15H2. The van der Waals surface area contributed by atoms with Crippen molar-refractivity contribution in [3.05, 3.63) is 66.9 Å². The van der Waals surface area contributed by atoms with Crippen molar-refractivity contribution >= 4 is 16.7 Å². The van der Waals surface area contributed by atoms with E-state index < -0.39 is 0 Å². The summed E-state index contributed by atoms with van der Waals surface area (Å²) < 4.78 is 7.38. The SMILES string of the molecule is c1ccc(-n2cc(-c3cccc4ccc(N5CCCOCC5)nc34)nn2)cc1. The van der Waals surface area contributed by atoms with Gasteiger partial charge in [-0.15, -0.1) is 5.10 Å². The molecule has 0 saturated carbocycles. The summed E-state index contributed by atoms with van der Waals surface area (Å²) in [5, 5.41) is 9.81. The van der Waals surface area contributed by atoms with Gasteiger partial charge < -0.3 is 9.64 Å². The van der Waals surface area contributed by atoms with Crippen LogP contribution in [-0.4, -0.2) is 46.3 Å². The molecule has 1 fully saturated rings. The largest absolute Gasteiger partial charge is 0.380 e. The number of nitrogens with zero attached hydrogens (tertiary/aromatic N) is 5. The minimum atomic E-state index is 0.743. The number of hydrogen-bond acceptors (Lipinski definition) is 5. The van der Waals surface area contributed by atoms with Gasteiger partial charge in [0.25, 0.3) is 0 Å². The zero-order valence-electron chi connectivity index (χ0n) is 15.5. The van der Waals surface area contributed by atoms with Crippen LogP contribution < -0.4 is 4.90 Å². The Morgan fingerprint density at radius 1 is 0.857 bits per heavy atom. The number of ether oxygens (including phenoxy) is 1. The molecule has 5 rings (SSSR count). The Morgan fingerprint density at radius 3 is 2.71 bits per heavy atom. The average Bonchev–Trinajstić information content (AvgIpc) is 3.09. The van der Waals surface area contributed by atoms with Crippen LogP contribution in [0.15, 0.2) is 66.9 Å². The molecule has 1 aliphatic heterocycles. The highest BCUT2D eigenvalue weighted by Gasteiger charge is 2.15. The van der Waals surface area contributed by atoms with Crippen LogP contribution in [0.5, 0.6) is 0 Å². The molecule has 0 radical (unpaired) electrons. The molecule has 0 spiro atoms. The van der Waals surface area contributed by atoms with Gasteiger partial charge in [-0.05, 0) is 30.7 Å². The van der Waals surface area contributed by atoms with E-state index in [0.717, 1.165) is 66.4 Å². The van der Waals surface area contributed by atoms with E-state index >= 15 is 0 Å². The Hall–Kier alpha value is -3.25. The van der Waals surface area contributed by atoms with E-state index in [1.165, 1.54) is 0 Å². The molecule has 0 bridgehead atoms. The van der Waals surface area contributed by atoms with Gasteiger partial charge in [-0.3, -0.25) is 0 Å². The van der Waals surface area contributed by atoms with Crippen LogP contribution in [0.4, 0.5) is 5.82 Å². The molecule has 0 amide bonds. The number of hydrogen-bond donors (Lipinski definition) is 0. The van der Waals surface area contributed by atoms with Gasteiger partial charge in [0.2, 0.25) is 0 Å². The molecule has 3 heterocycles. The zero-order chi connectivity index (χ0) is 18.8. The van der Waals surface area contributed by atoms with E-state index in [4.69, 9.17) is 9.72 Å². The molecule has 0 unspecified atom stereocenters. The van der Waals surface area contributed by atoms with E-state index in [-0.39, 0.29) is 0 Å². The molecule has 0 aliphatic carbocycles. The van der Waals surface area contributed by atoms with E-state index in [1.807, 2.05) is 42.6 Å². The molecular formula is C22H21N5O. The molecule has 140 valence electrons. The Bertz CT molecular complexity index is 1080. The van der Waals surface area contributed by atoms with Crippen LogP contribution in [0.1, 0.15) is 6.42 Å². The molecule has 1 saturated heterocycles. The van der Waals surface area contributed by atoms with Gasteiger partial charge in [0.15, 0.2) is 0 Å². The Labute approximate surface area is 163 Å². The second-order valence-corrected chi connectivity index (χ2v) is 6.88. The number of aromatic nitrogens is 4. The van der Waals surface area contributed by atoms with E-state index in [2.05, 4.69) is 39.5 Å². The maximum atomic E-state index is 5.58. The first-order valence-corrected chi connectivity index (χ1v) is 9.59. The number of pyridine rings is 1. The van der Waals surface area contributed by atoms with Gasteiger partial charge in [-0.1, -0.05) is 41.6 Å². The number of fused-ring (bicyclic) bond motifs is 1. The van der Waals surface area contributed by atoms with Crippen molar-refractivity contribution in [2.75, 3.05) is 31.2 Å². The number of benzene rings is 2. The number of anilines is 1. The fourth-order valence-corrected chi connectivity index (χ4v) is 3.59. The summed E-state index contributed by atoms with van der Waals surface area (Å²) in [6.07, 6.45) is 2.98. The predicted molar refractivity (Wildman–Crippen MR) is 110 cm³/mol. The summed E-state index contributed by atoms with van der Waals surface area (Å²) >= 11 is 0. The molecule has 6 heteroatoms. The van der Waals surface area contributed by atoms with Crippen LogP contribution in [0.3, 0.4) is 0 Å². The lowest BCUT2D eigenvalue weighted by Crippen LogP contribution is -2.26. The monoisotopic (exact) mass is 371 g/mol. The Morgan fingerprint density at radius 2 is 1.79 bits per heavy atom. The Balaban J connectivity index is 1.56. The van der Waals surface area contributed by atoms with Crippen LogP contribution >= 0.6 is 0 Å². The molecule has 28 heavy (non-hydrogen) atoms. The minimum absolute atomic E-state index is 0.743. The molecule has 0 atom stereocenters. The minimum Gasteiger partial charge on any atom is -0.380 e. The van der Waals surface area contributed by atoms with Gasteiger partial charge in [-0.25, -0.2) is 9.67 Å². The molecular weight excluding hydrogens is 350 g/mol. The van der Waals surface area contributed by atoms with Crippen molar-refractivity contribution in [2.45, 2.75) is 6.42 Å². The highest BCUT2D eigenvalue weighted by molar-refractivity contribution is 5.93. The maximum Gasteiger partial charge on any atom is 0.129 e. The van der Waals surface area contributed by atoms with Crippen molar-refractivity contribution in [1.82, 2.24) is 20.0 Å². The first-order valence-electron chi connectivity index (χ1n) is 9.59. The Kier molecular flexibility index (Phi) is 4.47. The summed E-state index contributed by atoms with van der Waals surface area (Å²) in [7, 11) is 0. The third kappa shape index (κ3) is 3.23. The third-order valence-electron chi connectivity index (χ3n) is 5.04. The predicted octanol–water partition coefficient (Wildman–Crippen LogP) is 3.71. The van der Waals surface area contributed by atoms with Crippen LogP contribution in [0.25, 0.3) is 27.8 Å². The molecule has 4 aromatic rings. The normalized spacial score (nSPS) is 14.9. The second-order valence-electron chi connectivity index (χ2n) is 6.88. The van der Waals surface area contributed by atoms with E-state index in [9.17, 15) is 0 Å². The summed E-state index contributed by atoms with van der Waals surface area (Å²) in [6.45, 7) is 3.39. The molecule has 0 N–H and O–H groups in total. The molecule has 6 nitrogen and oxygen atoms in total. The molecule has 1 aliphatic rings. The highest BCUT2D eigenvalue weighted by Crippen LogP contribution is 2.28. The summed E-state index contributed by atoms with van der Waals surface area (Å²) in [5.74, 6) is 0.987. The summed E-state index contributed by atoms with van der Waals surface area (Å²) in [5.41, 5.74) is 3.75. The van der Waals surface area contributed by atoms with Crippen molar-refractivity contribution in [1.29, 1.82) is 0 Å². The van der Waals surface area contributed by atoms with Crippen LogP contribution in [0.2, 0.25) is 0 Å². The lowest BCUT2D eigenvalue weighted by atomic mass is 10.1. The van der Waals surface area contributed by atoms with Crippen molar-refractivity contribution in [3.8, 4) is 16.9 Å². The average molecular weight is 371 g/mol. The topological polar surface area (TPSA) is 56.1 Å². The van der Waals surface area contributed by atoms with Gasteiger partial charge >= 0.3 is 0 Å². The van der Waals surface area contributed by atoms with E-state index in [0.29, 0.717) is 0 Å². The van der Waals surface area contributed by atoms with Crippen LogP contribution in [0, 0.1) is 0 Å². The van der Waals surface area contributed by atoms with Gasteiger partial charge in [-0.2, -0.15) is 0 Å².